The van der Waals surface area contributed by atoms with Gasteiger partial charge in [0.2, 0.25) is 0 Å². The Labute approximate surface area is 131 Å². The van der Waals surface area contributed by atoms with E-state index >= 15 is 0 Å². The monoisotopic (exact) mass is 300 g/mol. The van der Waals surface area contributed by atoms with Gasteiger partial charge in [-0.05, 0) is 39.3 Å². The van der Waals surface area contributed by atoms with Crippen molar-refractivity contribution in [2.75, 3.05) is 32.8 Å². The molecule has 0 saturated carbocycles. The van der Waals surface area contributed by atoms with Crippen molar-refractivity contribution in [3.05, 3.63) is 0 Å². The van der Waals surface area contributed by atoms with Gasteiger partial charge in [-0.1, -0.05) is 40.5 Å². The molecule has 0 aromatic heterocycles. The number of nitrogens with one attached hydrogen (secondary N) is 1. The first-order chi connectivity index (χ1) is 9.97. The van der Waals surface area contributed by atoms with E-state index in [2.05, 4.69) is 37.9 Å². The van der Waals surface area contributed by atoms with Gasteiger partial charge in [0.15, 0.2) is 0 Å². The number of nitrogens with zero attached hydrogens (tertiary/aromatic N) is 1. The van der Waals surface area contributed by atoms with E-state index in [1.54, 1.807) is 0 Å². The molecule has 4 heteroatoms. The first-order valence-electron chi connectivity index (χ1n) is 8.61. The Morgan fingerprint density at radius 2 is 1.81 bits per heavy atom. The van der Waals surface area contributed by atoms with Gasteiger partial charge in [-0.3, -0.25) is 4.79 Å². The molecule has 0 bridgehead atoms. The van der Waals surface area contributed by atoms with Crippen molar-refractivity contribution < 1.29 is 9.53 Å². The lowest BCUT2D eigenvalue weighted by molar-refractivity contribution is -0.151. The smallest absolute Gasteiger partial charge is 0.327 e. The summed E-state index contributed by atoms with van der Waals surface area (Å²) in [5.74, 6) is 0.559. The molecule has 0 heterocycles. The number of hydrogen-bond acceptors (Lipinski definition) is 4. The third-order valence-corrected chi connectivity index (χ3v) is 4.15. The molecule has 0 amide bonds. The SMILES string of the molecule is CCCNC(C)(CN(CC)CC(CC)CC)C(=O)OCC. The van der Waals surface area contributed by atoms with Crippen molar-refractivity contribution in [3.63, 3.8) is 0 Å². The molecule has 21 heavy (non-hydrogen) atoms. The number of hydrogen-bond donors (Lipinski definition) is 1. The van der Waals surface area contributed by atoms with E-state index in [0.29, 0.717) is 19.1 Å². The van der Waals surface area contributed by atoms with Crippen LogP contribution in [-0.4, -0.2) is 49.2 Å². The lowest BCUT2D eigenvalue weighted by atomic mass is 9.98. The van der Waals surface area contributed by atoms with Gasteiger partial charge in [-0.25, -0.2) is 0 Å². The van der Waals surface area contributed by atoms with Gasteiger partial charge < -0.3 is 15.0 Å². The lowest BCUT2D eigenvalue weighted by Crippen LogP contribution is -2.58. The van der Waals surface area contributed by atoms with Crippen LogP contribution < -0.4 is 5.32 Å². The van der Waals surface area contributed by atoms with E-state index < -0.39 is 5.54 Å². The maximum atomic E-state index is 12.3. The molecule has 0 aliphatic carbocycles. The maximum absolute atomic E-state index is 12.3. The standard InChI is InChI=1S/C17H36N2O2/c1-7-12-18-17(6,16(20)21-11-5)14-19(10-4)13-15(8-2)9-3/h15,18H,7-14H2,1-6H3. The summed E-state index contributed by atoms with van der Waals surface area (Å²) in [5.41, 5.74) is -0.617. The second-order valence-electron chi connectivity index (χ2n) is 5.99. The van der Waals surface area contributed by atoms with Gasteiger partial charge in [0.1, 0.15) is 5.54 Å². The first-order valence-corrected chi connectivity index (χ1v) is 8.61. The second kappa shape index (κ2) is 11.0. The Kier molecular flexibility index (Phi) is 10.7. The van der Waals surface area contributed by atoms with Crippen LogP contribution in [0.3, 0.4) is 0 Å². The van der Waals surface area contributed by atoms with Gasteiger partial charge in [-0.15, -0.1) is 0 Å². The summed E-state index contributed by atoms with van der Waals surface area (Å²) in [5, 5.41) is 3.39. The van der Waals surface area contributed by atoms with E-state index in [1.807, 2.05) is 13.8 Å². The van der Waals surface area contributed by atoms with Crippen molar-refractivity contribution in [1.29, 1.82) is 0 Å². The number of rotatable bonds is 12. The predicted octanol–water partition coefficient (Wildman–Crippen LogP) is 3.07. The average molecular weight is 300 g/mol. The summed E-state index contributed by atoms with van der Waals surface area (Å²) in [6.07, 6.45) is 3.38. The number of likely N-dealkylation sites (N-methyl/N-ethyl adjacent to an activating group) is 1. The molecule has 0 aromatic rings. The van der Waals surface area contributed by atoms with Crippen molar-refractivity contribution in [1.82, 2.24) is 10.2 Å². The van der Waals surface area contributed by atoms with Gasteiger partial charge in [0.25, 0.3) is 0 Å². The van der Waals surface area contributed by atoms with E-state index in [4.69, 9.17) is 4.74 Å². The molecular weight excluding hydrogens is 264 g/mol. The molecule has 0 aliphatic rings. The van der Waals surface area contributed by atoms with Crippen LogP contribution in [0.1, 0.15) is 60.8 Å². The van der Waals surface area contributed by atoms with Crippen LogP contribution >= 0.6 is 0 Å². The van der Waals surface area contributed by atoms with Crippen molar-refractivity contribution in [2.45, 2.75) is 66.3 Å². The van der Waals surface area contributed by atoms with Gasteiger partial charge in [0, 0.05) is 13.1 Å². The Bertz CT molecular complexity index is 280. The Morgan fingerprint density at radius 3 is 2.24 bits per heavy atom. The zero-order valence-corrected chi connectivity index (χ0v) is 15.0. The molecule has 0 aliphatic heterocycles. The van der Waals surface area contributed by atoms with Crippen LogP contribution in [0.5, 0.6) is 0 Å². The highest BCUT2D eigenvalue weighted by Crippen LogP contribution is 2.15. The minimum absolute atomic E-state index is 0.138. The molecule has 4 nitrogen and oxygen atoms in total. The zero-order chi connectivity index (χ0) is 16.3. The molecule has 0 fully saturated rings. The van der Waals surface area contributed by atoms with E-state index in [1.165, 1.54) is 12.8 Å². The van der Waals surface area contributed by atoms with E-state index in [0.717, 1.165) is 26.1 Å². The number of ether oxygens (including phenoxy) is 1. The lowest BCUT2D eigenvalue weighted by Gasteiger charge is -2.35. The summed E-state index contributed by atoms with van der Waals surface area (Å²) in [6, 6.07) is 0. The van der Waals surface area contributed by atoms with Gasteiger partial charge in [0.05, 0.1) is 6.61 Å². The van der Waals surface area contributed by atoms with E-state index in [9.17, 15) is 4.79 Å². The molecule has 0 spiro atoms. The summed E-state index contributed by atoms with van der Waals surface area (Å²) in [7, 11) is 0. The predicted molar refractivity (Wildman–Crippen MR) is 89.5 cm³/mol. The van der Waals surface area contributed by atoms with Gasteiger partial charge in [-0.2, -0.15) is 0 Å². The molecule has 0 radical (unpaired) electrons. The number of carbonyl (C=O) groups is 1. The van der Waals surface area contributed by atoms with Crippen molar-refractivity contribution >= 4 is 5.97 Å². The number of carbonyl (C=O) groups excluding carboxylic acids is 1. The summed E-state index contributed by atoms with van der Waals surface area (Å²) in [6.45, 7) is 16.6. The summed E-state index contributed by atoms with van der Waals surface area (Å²) >= 11 is 0. The molecule has 1 unspecified atom stereocenters. The minimum Gasteiger partial charge on any atom is -0.465 e. The Morgan fingerprint density at radius 1 is 1.19 bits per heavy atom. The summed E-state index contributed by atoms with van der Waals surface area (Å²) in [4.78, 5) is 14.7. The van der Waals surface area contributed by atoms with Crippen LogP contribution in [0.2, 0.25) is 0 Å². The largest absolute Gasteiger partial charge is 0.465 e. The molecule has 126 valence electrons. The Hall–Kier alpha value is -0.610. The quantitative estimate of drug-likeness (QED) is 0.562. The average Bonchev–Trinajstić information content (AvgIpc) is 2.49. The second-order valence-corrected chi connectivity index (χ2v) is 5.99. The molecular formula is C17H36N2O2. The third kappa shape index (κ3) is 7.28. The summed E-state index contributed by atoms with van der Waals surface area (Å²) < 4.78 is 5.28. The maximum Gasteiger partial charge on any atom is 0.327 e. The highest BCUT2D eigenvalue weighted by atomic mass is 16.5. The molecule has 1 N–H and O–H groups in total. The van der Waals surface area contributed by atoms with Crippen molar-refractivity contribution in [2.24, 2.45) is 5.92 Å². The topological polar surface area (TPSA) is 41.6 Å². The van der Waals surface area contributed by atoms with Crippen molar-refractivity contribution in [3.8, 4) is 0 Å². The minimum atomic E-state index is -0.617. The fourth-order valence-corrected chi connectivity index (χ4v) is 2.55. The molecule has 0 rings (SSSR count). The van der Waals surface area contributed by atoms with Crippen LogP contribution in [0, 0.1) is 5.92 Å². The Balaban J connectivity index is 4.85. The first kappa shape index (κ1) is 20.4. The van der Waals surface area contributed by atoms with Gasteiger partial charge >= 0.3 is 5.97 Å². The number of esters is 1. The fraction of sp³-hybridized carbons (Fsp3) is 0.941. The van der Waals surface area contributed by atoms with E-state index in [-0.39, 0.29) is 5.97 Å². The fourth-order valence-electron chi connectivity index (χ4n) is 2.55. The third-order valence-electron chi connectivity index (χ3n) is 4.15. The molecule has 1 atom stereocenters. The molecule has 0 saturated heterocycles. The zero-order valence-electron chi connectivity index (χ0n) is 15.0. The molecule has 0 aromatic carbocycles. The highest BCUT2D eigenvalue weighted by molar-refractivity contribution is 5.80. The normalized spacial score (nSPS) is 14.5. The van der Waals surface area contributed by atoms with Crippen LogP contribution in [-0.2, 0) is 9.53 Å². The highest BCUT2D eigenvalue weighted by Gasteiger charge is 2.36. The van der Waals surface area contributed by atoms with Crippen LogP contribution in [0.25, 0.3) is 0 Å². The van der Waals surface area contributed by atoms with Crippen LogP contribution in [0.15, 0.2) is 0 Å². The van der Waals surface area contributed by atoms with Crippen LogP contribution in [0.4, 0.5) is 0 Å².